The molecule has 1 aliphatic rings. The van der Waals surface area contributed by atoms with Gasteiger partial charge in [-0.25, -0.2) is 14.6 Å². The lowest BCUT2D eigenvalue weighted by Gasteiger charge is -2.24. The van der Waals surface area contributed by atoms with Crippen LogP contribution in [0.1, 0.15) is 48.8 Å². The van der Waals surface area contributed by atoms with E-state index in [0.29, 0.717) is 30.2 Å². The molecule has 180 valence electrons. The first-order valence-electron chi connectivity index (χ1n) is 12.2. The van der Waals surface area contributed by atoms with Crippen molar-refractivity contribution in [2.24, 2.45) is 0 Å². The van der Waals surface area contributed by atoms with Crippen LogP contribution in [0.5, 0.6) is 0 Å². The smallest absolute Gasteiger partial charge is 0.255 e. The number of carbonyl (C=O) groups excluding carboxylic acids is 1. The van der Waals surface area contributed by atoms with Crippen molar-refractivity contribution in [3.8, 4) is 5.69 Å². The fraction of sp³-hybridized carbons (Fsp3) is 0.333. The van der Waals surface area contributed by atoms with Gasteiger partial charge in [-0.3, -0.25) is 4.79 Å². The first-order chi connectivity index (χ1) is 17.1. The van der Waals surface area contributed by atoms with Crippen LogP contribution < -0.4 is 4.90 Å². The summed E-state index contributed by atoms with van der Waals surface area (Å²) in [5, 5.41) is 6.08. The van der Waals surface area contributed by atoms with E-state index in [1.165, 1.54) is 0 Å². The number of carbonyl (C=O) groups is 1. The Bertz CT molecular complexity index is 1340. The number of rotatable bonds is 5. The third kappa shape index (κ3) is 4.60. The summed E-state index contributed by atoms with van der Waals surface area (Å²) in [6.45, 7) is 7.06. The first kappa shape index (κ1) is 23.3. The number of halogens is 1. The minimum Gasteiger partial charge on any atom is -0.354 e. The second-order valence-electron chi connectivity index (χ2n) is 8.96. The van der Waals surface area contributed by atoms with Gasteiger partial charge in [-0.15, -0.1) is 0 Å². The molecule has 0 radical (unpaired) electrons. The number of aromatic nitrogens is 4. The summed E-state index contributed by atoms with van der Waals surface area (Å²) in [5.41, 5.74) is 2.33. The van der Waals surface area contributed by atoms with Gasteiger partial charge < -0.3 is 9.80 Å². The SMILES string of the molecule is CCC(C)c1nc(N2CCCN(C(=O)c3ccccc3Cl)CC2)c2cnn(-c3ccccc3)c2n1. The molecule has 2 aromatic carbocycles. The van der Waals surface area contributed by atoms with E-state index in [2.05, 4.69) is 23.8 Å². The second-order valence-corrected chi connectivity index (χ2v) is 9.36. The van der Waals surface area contributed by atoms with E-state index in [1.54, 1.807) is 12.1 Å². The van der Waals surface area contributed by atoms with Gasteiger partial charge in [0.1, 0.15) is 11.6 Å². The Morgan fingerprint density at radius 3 is 2.54 bits per heavy atom. The molecule has 35 heavy (non-hydrogen) atoms. The predicted octanol–water partition coefficient (Wildman–Crippen LogP) is 5.33. The van der Waals surface area contributed by atoms with Crippen molar-refractivity contribution in [3.05, 3.63) is 77.2 Å². The molecule has 0 N–H and O–H groups in total. The van der Waals surface area contributed by atoms with Crippen LogP contribution in [0.4, 0.5) is 5.82 Å². The van der Waals surface area contributed by atoms with Gasteiger partial charge in [-0.05, 0) is 37.1 Å². The van der Waals surface area contributed by atoms with Crippen molar-refractivity contribution >= 4 is 34.4 Å². The average Bonchev–Trinajstić information content (AvgIpc) is 3.17. The maximum atomic E-state index is 13.2. The molecule has 0 saturated carbocycles. The molecule has 1 saturated heterocycles. The van der Waals surface area contributed by atoms with Gasteiger partial charge in [0.2, 0.25) is 0 Å². The number of hydrogen-bond acceptors (Lipinski definition) is 5. The van der Waals surface area contributed by atoms with Crippen molar-refractivity contribution in [2.45, 2.75) is 32.6 Å². The van der Waals surface area contributed by atoms with Crippen LogP contribution in [0.3, 0.4) is 0 Å². The molecule has 4 aromatic rings. The molecule has 0 aliphatic carbocycles. The average molecular weight is 489 g/mol. The molecule has 1 aliphatic heterocycles. The fourth-order valence-electron chi connectivity index (χ4n) is 4.45. The lowest BCUT2D eigenvalue weighted by atomic mass is 10.1. The Hall–Kier alpha value is -3.45. The summed E-state index contributed by atoms with van der Waals surface area (Å²) in [4.78, 5) is 27.3. The molecule has 8 heteroatoms. The number of nitrogens with zero attached hydrogens (tertiary/aromatic N) is 6. The monoisotopic (exact) mass is 488 g/mol. The maximum Gasteiger partial charge on any atom is 0.255 e. The highest BCUT2D eigenvalue weighted by atomic mass is 35.5. The molecule has 1 unspecified atom stereocenters. The molecule has 5 rings (SSSR count). The Balaban J connectivity index is 1.49. The van der Waals surface area contributed by atoms with Crippen LogP contribution in [0.15, 0.2) is 60.8 Å². The van der Waals surface area contributed by atoms with Gasteiger partial charge in [-0.1, -0.05) is 55.8 Å². The van der Waals surface area contributed by atoms with Gasteiger partial charge in [0.25, 0.3) is 5.91 Å². The van der Waals surface area contributed by atoms with E-state index in [0.717, 1.165) is 47.7 Å². The number of hydrogen-bond donors (Lipinski definition) is 0. The molecular formula is C27H29ClN6O. The largest absolute Gasteiger partial charge is 0.354 e. The highest BCUT2D eigenvalue weighted by molar-refractivity contribution is 6.33. The van der Waals surface area contributed by atoms with E-state index in [1.807, 2.05) is 58.2 Å². The number of fused-ring (bicyclic) bond motifs is 1. The molecule has 3 heterocycles. The normalized spacial score (nSPS) is 15.3. The zero-order valence-corrected chi connectivity index (χ0v) is 20.8. The van der Waals surface area contributed by atoms with E-state index in [-0.39, 0.29) is 11.8 Å². The molecule has 1 atom stereocenters. The first-order valence-corrected chi connectivity index (χ1v) is 12.5. The number of amides is 1. The summed E-state index contributed by atoms with van der Waals surface area (Å²) >= 11 is 6.30. The van der Waals surface area contributed by atoms with Gasteiger partial charge >= 0.3 is 0 Å². The molecule has 0 bridgehead atoms. The van der Waals surface area contributed by atoms with E-state index in [4.69, 9.17) is 21.6 Å². The predicted molar refractivity (Wildman–Crippen MR) is 140 cm³/mol. The van der Waals surface area contributed by atoms with Crippen molar-refractivity contribution < 1.29 is 4.79 Å². The Kier molecular flexibility index (Phi) is 6.68. The molecule has 1 amide bonds. The van der Waals surface area contributed by atoms with Crippen LogP contribution in [-0.2, 0) is 0 Å². The minimum absolute atomic E-state index is 0.0255. The van der Waals surface area contributed by atoms with E-state index < -0.39 is 0 Å². The lowest BCUT2D eigenvalue weighted by Crippen LogP contribution is -2.35. The Morgan fingerprint density at radius 2 is 1.77 bits per heavy atom. The highest BCUT2D eigenvalue weighted by Gasteiger charge is 2.25. The van der Waals surface area contributed by atoms with Crippen molar-refractivity contribution in [1.29, 1.82) is 0 Å². The number of anilines is 1. The van der Waals surface area contributed by atoms with Crippen molar-refractivity contribution in [1.82, 2.24) is 24.6 Å². The maximum absolute atomic E-state index is 13.2. The van der Waals surface area contributed by atoms with Gasteiger partial charge in [0.05, 0.1) is 27.9 Å². The van der Waals surface area contributed by atoms with Gasteiger partial charge in [-0.2, -0.15) is 5.10 Å². The lowest BCUT2D eigenvalue weighted by molar-refractivity contribution is 0.0767. The topological polar surface area (TPSA) is 67.2 Å². The third-order valence-electron chi connectivity index (χ3n) is 6.67. The van der Waals surface area contributed by atoms with Crippen molar-refractivity contribution in [2.75, 3.05) is 31.1 Å². The molecule has 0 spiro atoms. The summed E-state index contributed by atoms with van der Waals surface area (Å²) in [5.74, 6) is 1.91. The third-order valence-corrected chi connectivity index (χ3v) is 7.00. The van der Waals surface area contributed by atoms with E-state index in [9.17, 15) is 4.79 Å². The number of benzene rings is 2. The van der Waals surface area contributed by atoms with Gasteiger partial charge in [0, 0.05) is 32.1 Å². The van der Waals surface area contributed by atoms with Crippen LogP contribution in [0, 0.1) is 0 Å². The van der Waals surface area contributed by atoms with Crippen LogP contribution in [0.25, 0.3) is 16.7 Å². The summed E-state index contributed by atoms with van der Waals surface area (Å²) in [6, 6.07) is 17.3. The molecule has 1 fully saturated rings. The van der Waals surface area contributed by atoms with E-state index >= 15 is 0 Å². The quantitative estimate of drug-likeness (QED) is 0.379. The van der Waals surface area contributed by atoms with Crippen molar-refractivity contribution in [3.63, 3.8) is 0 Å². The standard InChI is InChI=1S/C27H29ClN6O/c1-3-19(2)24-30-25(22-18-29-34(26(22)31-24)20-10-5-4-6-11-20)32-14-9-15-33(17-16-32)27(35)21-12-7-8-13-23(21)28/h4-8,10-13,18-19H,3,9,14-17H2,1-2H3. The minimum atomic E-state index is -0.0255. The van der Waals surface area contributed by atoms with Crippen LogP contribution in [-0.4, -0.2) is 56.7 Å². The fourth-order valence-corrected chi connectivity index (χ4v) is 4.67. The van der Waals surface area contributed by atoms with Crippen LogP contribution in [0.2, 0.25) is 5.02 Å². The zero-order chi connectivity index (χ0) is 24.4. The Labute approximate surface area is 210 Å². The second kappa shape index (κ2) is 10.0. The highest BCUT2D eigenvalue weighted by Crippen LogP contribution is 2.29. The molecule has 2 aromatic heterocycles. The number of para-hydroxylation sites is 1. The summed E-state index contributed by atoms with van der Waals surface area (Å²) in [6.07, 6.45) is 3.65. The Morgan fingerprint density at radius 1 is 1.00 bits per heavy atom. The summed E-state index contributed by atoms with van der Waals surface area (Å²) in [7, 11) is 0. The van der Waals surface area contributed by atoms with Gasteiger partial charge in [0.15, 0.2) is 5.65 Å². The zero-order valence-electron chi connectivity index (χ0n) is 20.1. The molecular weight excluding hydrogens is 460 g/mol. The summed E-state index contributed by atoms with van der Waals surface area (Å²) < 4.78 is 1.89. The molecule has 7 nitrogen and oxygen atoms in total. The van der Waals surface area contributed by atoms with Crippen LogP contribution >= 0.6 is 11.6 Å².